The number of nitrogens with one attached hydrogen (secondary N) is 1. The molecular weight excluding hydrogens is 284 g/mol. The molecule has 0 aliphatic heterocycles. The molecule has 7 nitrogen and oxygen atoms in total. The summed E-state index contributed by atoms with van der Waals surface area (Å²) in [5, 5.41) is 18.2. The highest BCUT2D eigenvalue weighted by Crippen LogP contribution is 2.07. The smallest absolute Gasteiger partial charge is 0.336 e. The van der Waals surface area contributed by atoms with Crippen molar-refractivity contribution in [2.24, 2.45) is 0 Å². The fourth-order valence-electron chi connectivity index (χ4n) is 1.34. The third-order valence-corrected chi connectivity index (χ3v) is 4.18. The van der Waals surface area contributed by atoms with Gasteiger partial charge in [-0.05, 0) is 12.5 Å². The van der Waals surface area contributed by atoms with E-state index in [1.807, 2.05) is 6.07 Å². The van der Waals surface area contributed by atoms with Gasteiger partial charge in [-0.1, -0.05) is 30.3 Å². The molecule has 3 N–H and O–H groups in total. The summed E-state index contributed by atoms with van der Waals surface area (Å²) in [6.07, 6.45) is 0. The highest BCUT2D eigenvalue weighted by atomic mass is 32.2. The van der Waals surface area contributed by atoms with Gasteiger partial charge in [0, 0.05) is 13.6 Å². The van der Waals surface area contributed by atoms with Gasteiger partial charge in [0.15, 0.2) is 5.60 Å². The van der Waals surface area contributed by atoms with Crippen molar-refractivity contribution in [1.82, 2.24) is 9.03 Å². The molecule has 0 heterocycles. The quantitative estimate of drug-likeness (QED) is 0.646. The Labute approximate surface area is 118 Å². The zero-order valence-electron chi connectivity index (χ0n) is 11.3. The summed E-state index contributed by atoms with van der Waals surface area (Å²) in [5.74, 6) is -1.49. The molecule has 1 unspecified atom stereocenters. The number of benzene rings is 1. The highest BCUT2D eigenvalue weighted by Gasteiger charge is 2.32. The molecule has 112 valence electrons. The van der Waals surface area contributed by atoms with Crippen molar-refractivity contribution >= 4 is 16.2 Å². The summed E-state index contributed by atoms with van der Waals surface area (Å²) in [7, 11) is -2.50. The second-order valence-electron chi connectivity index (χ2n) is 4.65. The molecule has 1 aromatic carbocycles. The van der Waals surface area contributed by atoms with Gasteiger partial charge in [-0.2, -0.15) is 17.4 Å². The molecule has 0 spiro atoms. The van der Waals surface area contributed by atoms with Crippen LogP contribution < -0.4 is 4.72 Å². The average molecular weight is 302 g/mol. The molecule has 1 atom stereocenters. The molecule has 1 aromatic rings. The first-order chi connectivity index (χ1) is 9.15. The molecule has 0 aromatic heterocycles. The van der Waals surface area contributed by atoms with Gasteiger partial charge in [0.25, 0.3) is 10.2 Å². The Bertz CT molecular complexity index is 556. The van der Waals surface area contributed by atoms with Crippen LogP contribution in [0.3, 0.4) is 0 Å². The number of aliphatic carboxylic acids is 1. The highest BCUT2D eigenvalue weighted by molar-refractivity contribution is 7.87. The van der Waals surface area contributed by atoms with E-state index in [0.717, 1.165) is 16.8 Å². The minimum Gasteiger partial charge on any atom is -0.479 e. The van der Waals surface area contributed by atoms with Crippen LogP contribution in [-0.2, 0) is 21.5 Å². The van der Waals surface area contributed by atoms with Crippen molar-refractivity contribution < 1.29 is 23.4 Å². The van der Waals surface area contributed by atoms with Crippen LogP contribution in [0.4, 0.5) is 0 Å². The van der Waals surface area contributed by atoms with Gasteiger partial charge in [-0.15, -0.1) is 0 Å². The Hall–Kier alpha value is -1.48. The second kappa shape index (κ2) is 6.31. The van der Waals surface area contributed by atoms with Crippen LogP contribution in [0.5, 0.6) is 0 Å². The zero-order chi connectivity index (χ0) is 15.4. The maximum atomic E-state index is 11.9. The van der Waals surface area contributed by atoms with E-state index in [-0.39, 0.29) is 6.54 Å². The van der Waals surface area contributed by atoms with E-state index in [1.165, 1.54) is 7.05 Å². The van der Waals surface area contributed by atoms with Gasteiger partial charge in [-0.25, -0.2) is 4.79 Å². The Morgan fingerprint density at radius 3 is 2.40 bits per heavy atom. The number of nitrogens with zero attached hydrogens (tertiary/aromatic N) is 1. The number of aliphatic hydroxyl groups is 1. The minimum atomic E-state index is -3.87. The van der Waals surface area contributed by atoms with Crippen molar-refractivity contribution in [1.29, 1.82) is 0 Å². The molecule has 1 rings (SSSR count). The first kappa shape index (κ1) is 16.6. The molecule has 0 fully saturated rings. The molecule has 8 heteroatoms. The van der Waals surface area contributed by atoms with E-state index in [4.69, 9.17) is 5.11 Å². The first-order valence-corrected chi connectivity index (χ1v) is 7.30. The molecule has 0 saturated heterocycles. The number of carbonyl (C=O) groups is 1. The summed E-state index contributed by atoms with van der Waals surface area (Å²) < 4.78 is 26.9. The Morgan fingerprint density at radius 2 is 1.90 bits per heavy atom. The summed E-state index contributed by atoms with van der Waals surface area (Å²) in [6.45, 7) is 0.560. The van der Waals surface area contributed by atoms with E-state index in [2.05, 4.69) is 4.72 Å². The van der Waals surface area contributed by atoms with Gasteiger partial charge < -0.3 is 10.2 Å². The maximum absolute atomic E-state index is 11.9. The van der Waals surface area contributed by atoms with E-state index < -0.39 is 28.3 Å². The van der Waals surface area contributed by atoms with Gasteiger partial charge in [0.05, 0.1) is 6.54 Å². The molecule has 0 aliphatic rings. The molecule has 0 radical (unpaired) electrons. The van der Waals surface area contributed by atoms with Crippen molar-refractivity contribution in [3.05, 3.63) is 35.9 Å². The maximum Gasteiger partial charge on any atom is 0.336 e. The SMILES string of the molecule is CN(Cc1ccccc1)S(=O)(=O)NCC(C)(O)C(=O)O. The second-order valence-corrected chi connectivity index (χ2v) is 6.51. The Kier molecular flexibility index (Phi) is 5.23. The number of hydrogen-bond acceptors (Lipinski definition) is 4. The van der Waals surface area contributed by atoms with Crippen LogP contribution in [0.2, 0.25) is 0 Å². The number of rotatable bonds is 7. The summed E-state index contributed by atoms with van der Waals surface area (Å²) in [4.78, 5) is 10.7. The van der Waals surface area contributed by atoms with Crippen molar-refractivity contribution in [2.75, 3.05) is 13.6 Å². The predicted octanol–water partition coefficient (Wildman–Crippen LogP) is -0.212. The van der Waals surface area contributed by atoms with Crippen LogP contribution in [0, 0.1) is 0 Å². The van der Waals surface area contributed by atoms with Crippen LogP contribution in [0.25, 0.3) is 0 Å². The van der Waals surface area contributed by atoms with Crippen molar-refractivity contribution in [3.63, 3.8) is 0 Å². The predicted molar refractivity (Wildman–Crippen MR) is 73.1 cm³/mol. The molecule has 0 bridgehead atoms. The molecule has 0 aliphatic carbocycles. The van der Waals surface area contributed by atoms with Crippen molar-refractivity contribution in [2.45, 2.75) is 19.1 Å². The van der Waals surface area contributed by atoms with E-state index in [0.29, 0.717) is 0 Å². The fraction of sp³-hybridized carbons (Fsp3) is 0.417. The summed E-state index contributed by atoms with van der Waals surface area (Å²) in [5.41, 5.74) is -1.36. The Morgan fingerprint density at radius 1 is 1.35 bits per heavy atom. The van der Waals surface area contributed by atoms with E-state index in [9.17, 15) is 18.3 Å². The van der Waals surface area contributed by atoms with Gasteiger partial charge >= 0.3 is 5.97 Å². The third-order valence-electron chi connectivity index (χ3n) is 2.72. The molecule has 0 amide bonds. The lowest BCUT2D eigenvalue weighted by Gasteiger charge is -2.22. The minimum absolute atomic E-state index is 0.144. The third kappa shape index (κ3) is 4.57. The van der Waals surface area contributed by atoms with Crippen LogP contribution >= 0.6 is 0 Å². The van der Waals surface area contributed by atoms with Gasteiger partial charge in [0.1, 0.15) is 0 Å². The number of hydrogen-bond donors (Lipinski definition) is 3. The van der Waals surface area contributed by atoms with Crippen LogP contribution in [-0.4, -0.2) is 48.1 Å². The summed E-state index contributed by atoms with van der Waals surface area (Å²) in [6, 6.07) is 8.95. The normalized spacial score (nSPS) is 15.0. The average Bonchev–Trinajstić information content (AvgIpc) is 2.37. The molecule has 20 heavy (non-hydrogen) atoms. The van der Waals surface area contributed by atoms with Crippen LogP contribution in [0.1, 0.15) is 12.5 Å². The number of carboxylic acids is 1. The Balaban J connectivity index is 2.67. The number of carboxylic acid groups (broad SMARTS) is 1. The molecule has 0 saturated carbocycles. The lowest BCUT2D eigenvalue weighted by molar-refractivity contribution is -0.155. The summed E-state index contributed by atoms with van der Waals surface area (Å²) >= 11 is 0. The van der Waals surface area contributed by atoms with E-state index in [1.54, 1.807) is 24.3 Å². The first-order valence-electron chi connectivity index (χ1n) is 5.86. The van der Waals surface area contributed by atoms with Crippen LogP contribution in [0.15, 0.2) is 30.3 Å². The fourth-order valence-corrected chi connectivity index (χ4v) is 2.35. The lowest BCUT2D eigenvalue weighted by atomic mass is 10.1. The monoisotopic (exact) mass is 302 g/mol. The van der Waals surface area contributed by atoms with Crippen molar-refractivity contribution in [3.8, 4) is 0 Å². The zero-order valence-corrected chi connectivity index (χ0v) is 12.1. The topological polar surface area (TPSA) is 107 Å². The lowest BCUT2D eigenvalue weighted by Crippen LogP contribution is -2.49. The van der Waals surface area contributed by atoms with Gasteiger partial charge in [-0.3, -0.25) is 0 Å². The van der Waals surface area contributed by atoms with Gasteiger partial charge in [0.2, 0.25) is 0 Å². The van der Waals surface area contributed by atoms with E-state index >= 15 is 0 Å². The standard InChI is InChI=1S/C12H18N2O5S/c1-12(17,11(15)16)9-13-20(18,19)14(2)8-10-6-4-3-5-7-10/h3-7,13,17H,8-9H2,1-2H3,(H,15,16). The largest absolute Gasteiger partial charge is 0.479 e. The molecular formula is C12H18N2O5S.